The summed E-state index contributed by atoms with van der Waals surface area (Å²) in [6.07, 6.45) is 4.31. The van der Waals surface area contributed by atoms with Crippen molar-refractivity contribution in [2.45, 2.75) is 18.3 Å². The number of pyridine rings is 1. The fourth-order valence-electron chi connectivity index (χ4n) is 4.78. The predicted octanol–water partition coefficient (Wildman–Crippen LogP) is 0.854. The van der Waals surface area contributed by atoms with Crippen LogP contribution in [0.2, 0.25) is 0 Å². The molecule has 1 saturated carbocycles. The summed E-state index contributed by atoms with van der Waals surface area (Å²) in [6, 6.07) is 14.9. The molecule has 0 spiro atoms. The van der Waals surface area contributed by atoms with Crippen molar-refractivity contribution in [3.05, 3.63) is 59.8 Å². The monoisotopic (exact) mass is 504 g/mol. The minimum atomic E-state index is -3.32. The van der Waals surface area contributed by atoms with Gasteiger partial charge in [0.1, 0.15) is 0 Å². The molecule has 2 heterocycles. The molecule has 9 nitrogen and oxygen atoms in total. The minimum absolute atomic E-state index is 0.226. The van der Waals surface area contributed by atoms with Crippen molar-refractivity contribution in [1.82, 2.24) is 14.2 Å². The van der Waals surface area contributed by atoms with Gasteiger partial charge < -0.3 is 14.9 Å². The molecule has 184 valence electrons. The van der Waals surface area contributed by atoms with Crippen LogP contribution in [-0.2, 0) is 15.4 Å². The molecule has 0 bridgehead atoms. The molecule has 11 heteroatoms. The van der Waals surface area contributed by atoms with E-state index in [1.54, 1.807) is 23.1 Å². The largest absolute Gasteiger partial charge is 0.488 e. The van der Waals surface area contributed by atoms with Crippen molar-refractivity contribution in [3.63, 3.8) is 0 Å². The van der Waals surface area contributed by atoms with Crippen LogP contribution in [0.25, 0.3) is 22.0 Å². The zero-order chi connectivity index (χ0) is 25.7. The van der Waals surface area contributed by atoms with E-state index in [0.717, 1.165) is 30.2 Å². The molecule has 1 aliphatic heterocycles. The van der Waals surface area contributed by atoms with Gasteiger partial charge in [-0.3, -0.25) is 9.78 Å². The SMILES string of the molecule is CS(=O)(=O)N1CCN(C(=O)c2cnc3cc(B(O)O)ccc3c2-c2ccc(C3(C#N)CC3)cc2)CC1. The highest BCUT2D eigenvalue weighted by molar-refractivity contribution is 7.88. The fourth-order valence-corrected chi connectivity index (χ4v) is 5.61. The molecule has 36 heavy (non-hydrogen) atoms. The topological polar surface area (TPSA) is 135 Å². The number of rotatable bonds is 5. The molecule has 2 aromatic carbocycles. The van der Waals surface area contributed by atoms with E-state index in [1.807, 2.05) is 24.3 Å². The molecule has 2 aliphatic rings. The third kappa shape index (κ3) is 4.37. The van der Waals surface area contributed by atoms with Gasteiger partial charge in [-0.1, -0.05) is 36.4 Å². The second-order valence-corrected chi connectivity index (χ2v) is 11.4. The molecule has 0 unspecified atom stereocenters. The van der Waals surface area contributed by atoms with Crippen molar-refractivity contribution < 1.29 is 23.3 Å². The lowest BCUT2D eigenvalue weighted by atomic mass is 9.79. The van der Waals surface area contributed by atoms with Crippen molar-refractivity contribution in [2.24, 2.45) is 0 Å². The number of benzene rings is 2. The number of aromatic nitrogens is 1. The molecule has 3 aromatic rings. The van der Waals surface area contributed by atoms with Gasteiger partial charge in [-0.15, -0.1) is 0 Å². The summed E-state index contributed by atoms with van der Waals surface area (Å²) in [5, 5.41) is 29.4. The Morgan fingerprint density at radius 1 is 1.08 bits per heavy atom. The maximum Gasteiger partial charge on any atom is 0.488 e. The molecular formula is C25H25BN4O5S. The van der Waals surface area contributed by atoms with Gasteiger partial charge in [0.25, 0.3) is 5.91 Å². The average molecular weight is 504 g/mol. The number of hydrogen-bond acceptors (Lipinski definition) is 7. The van der Waals surface area contributed by atoms with Crippen molar-refractivity contribution in [2.75, 3.05) is 32.4 Å². The van der Waals surface area contributed by atoms with Gasteiger partial charge in [0, 0.05) is 43.3 Å². The van der Waals surface area contributed by atoms with E-state index in [-0.39, 0.29) is 37.5 Å². The zero-order valence-electron chi connectivity index (χ0n) is 19.8. The van der Waals surface area contributed by atoms with Crippen molar-refractivity contribution in [1.29, 1.82) is 5.26 Å². The summed E-state index contributed by atoms with van der Waals surface area (Å²) in [7, 11) is -4.97. The van der Waals surface area contributed by atoms with Crippen LogP contribution in [0, 0.1) is 11.3 Å². The summed E-state index contributed by atoms with van der Waals surface area (Å²) < 4.78 is 25.1. The van der Waals surface area contributed by atoms with Crippen LogP contribution < -0.4 is 5.46 Å². The number of nitrogens with zero attached hydrogens (tertiary/aromatic N) is 4. The van der Waals surface area contributed by atoms with Gasteiger partial charge in [-0.25, -0.2) is 8.42 Å². The molecular weight excluding hydrogens is 479 g/mol. The molecule has 5 rings (SSSR count). The number of fused-ring (bicyclic) bond motifs is 1. The van der Waals surface area contributed by atoms with Gasteiger partial charge in [0.05, 0.1) is 28.8 Å². The number of carbonyl (C=O) groups excluding carboxylic acids is 1. The molecule has 2 fully saturated rings. The molecule has 1 saturated heterocycles. The Labute approximate surface area is 209 Å². The van der Waals surface area contributed by atoms with Crippen LogP contribution in [0.4, 0.5) is 0 Å². The predicted molar refractivity (Wildman–Crippen MR) is 136 cm³/mol. The Morgan fingerprint density at radius 3 is 2.31 bits per heavy atom. The van der Waals surface area contributed by atoms with E-state index >= 15 is 0 Å². The maximum atomic E-state index is 13.6. The second kappa shape index (κ2) is 8.98. The Balaban J connectivity index is 1.57. The van der Waals surface area contributed by atoms with Crippen LogP contribution in [0.3, 0.4) is 0 Å². The molecule has 1 aliphatic carbocycles. The molecule has 1 aromatic heterocycles. The Bertz CT molecular complexity index is 1490. The lowest BCUT2D eigenvalue weighted by Crippen LogP contribution is -2.50. The highest BCUT2D eigenvalue weighted by atomic mass is 32.2. The van der Waals surface area contributed by atoms with E-state index in [0.29, 0.717) is 22.0 Å². The highest BCUT2D eigenvalue weighted by Crippen LogP contribution is 2.48. The van der Waals surface area contributed by atoms with E-state index in [9.17, 15) is 28.5 Å². The average Bonchev–Trinajstić information content (AvgIpc) is 3.68. The number of carbonyl (C=O) groups is 1. The van der Waals surface area contributed by atoms with E-state index in [4.69, 9.17) is 0 Å². The lowest BCUT2D eigenvalue weighted by Gasteiger charge is -2.33. The van der Waals surface area contributed by atoms with Crippen molar-refractivity contribution >= 4 is 39.4 Å². The Morgan fingerprint density at radius 2 is 1.75 bits per heavy atom. The minimum Gasteiger partial charge on any atom is -0.423 e. The smallest absolute Gasteiger partial charge is 0.423 e. The van der Waals surface area contributed by atoms with Gasteiger partial charge in [-0.05, 0) is 35.5 Å². The molecule has 0 radical (unpaired) electrons. The third-order valence-electron chi connectivity index (χ3n) is 7.11. The first-order valence-electron chi connectivity index (χ1n) is 11.7. The van der Waals surface area contributed by atoms with Crippen LogP contribution in [0.15, 0.2) is 48.7 Å². The summed E-state index contributed by atoms with van der Waals surface area (Å²) in [5.74, 6) is -0.251. The van der Waals surface area contributed by atoms with E-state index in [1.165, 1.54) is 10.5 Å². The van der Waals surface area contributed by atoms with Crippen LogP contribution in [-0.4, -0.2) is 78.1 Å². The molecule has 0 atom stereocenters. The van der Waals surface area contributed by atoms with Gasteiger partial charge >= 0.3 is 7.12 Å². The van der Waals surface area contributed by atoms with E-state index < -0.39 is 22.6 Å². The van der Waals surface area contributed by atoms with Crippen LogP contribution in [0.1, 0.15) is 28.8 Å². The number of hydrogen-bond donors (Lipinski definition) is 2. The maximum absolute atomic E-state index is 13.6. The first kappa shape index (κ1) is 24.4. The zero-order valence-corrected chi connectivity index (χ0v) is 20.6. The molecule has 1 amide bonds. The summed E-state index contributed by atoms with van der Waals surface area (Å²) in [4.78, 5) is 19.7. The van der Waals surface area contributed by atoms with Gasteiger partial charge in [0.2, 0.25) is 10.0 Å². The lowest BCUT2D eigenvalue weighted by molar-refractivity contribution is 0.0699. The van der Waals surface area contributed by atoms with Crippen LogP contribution in [0.5, 0.6) is 0 Å². The summed E-state index contributed by atoms with van der Waals surface area (Å²) >= 11 is 0. The standard InChI is InChI=1S/C25H25BN4O5S/c1-36(34,35)30-12-10-29(11-13-30)24(31)21-15-28-22-14-19(26(32)33)6-7-20(22)23(21)17-2-4-18(5-3-17)25(16-27)8-9-25/h2-7,14-15,32-33H,8-13H2,1H3. The Kier molecular flexibility index (Phi) is 6.08. The summed E-state index contributed by atoms with van der Waals surface area (Å²) in [6.45, 7) is 0.985. The quantitative estimate of drug-likeness (QED) is 0.492. The first-order valence-corrected chi connectivity index (χ1v) is 13.5. The highest BCUT2D eigenvalue weighted by Gasteiger charge is 2.44. The van der Waals surface area contributed by atoms with E-state index in [2.05, 4.69) is 11.1 Å². The Hall–Kier alpha value is -3.30. The normalized spacial score (nSPS) is 17.6. The third-order valence-corrected chi connectivity index (χ3v) is 8.41. The summed E-state index contributed by atoms with van der Waals surface area (Å²) in [5.41, 5.74) is 3.12. The van der Waals surface area contributed by atoms with Gasteiger partial charge in [-0.2, -0.15) is 9.57 Å². The van der Waals surface area contributed by atoms with Gasteiger partial charge in [0.15, 0.2) is 0 Å². The number of amides is 1. The number of nitriles is 1. The molecule has 2 N–H and O–H groups in total. The number of piperazine rings is 1. The van der Waals surface area contributed by atoms with Crippen molar-refractivity contribution in [3.8, 4) is 17.2 Å². The fraction of sp³-hybridized carbons (Fsp3) is 0.320. The second-order valence-electron chi connectivity index (χ2n) is 9.42. The van der Waals surface area contributed by atoms with Crippen LogP contribution >= 0.6 is 0 Å². The first-order chi connectivity index (χ1) is 17.1. The number of sulfonamides is 1.